The average molecular weight is 397 g/mol. The van der Waals surface area contributed by atoms with Gasteiger partial charge in [-0.15, -0.1) is 5.10 Å². The van der Waals surface area contributed by atoms with E-state index in [0.29, 0.717) is 16.6 Å². The smallest absolute Gasteiger partial charge is 0.274 e. The fourth-order valence-corrected chi connectivity index (χ4v) is 3.61. The number of hydrogen-bond donors (Lipinski definition) is 1. The minimum absolute atomic E-state index is 0.0673. The van der Waals surface area contributed by atoms with E-state index in [0.717, 1.165) is 29.2 Å². The van der Waals surface area contributed by atoms with E-state index in [1.54, 1.807) is 4.68 Å². The van der Waals surface area contributed by atoms with Gasteiger partial charge in [0, 0.05) is 23.2 Å². The first-order valence-electron chi connectivity index (χ1n) is 9.24. The number of hydrogen-bond acceptors (Lipinski definition) is 6. The second-order valence-electron chi connectivity index (χ2n) is 6.64. The first kappa shape index (κ1) is 20.0. The largest absolute Gasteiger partial charge is 0.348 e. The third kappa shape index (κ3) is 4.75. The van der Waals surface area contributed by atoms with Gasteiger partial charge in [-0.25, -0.2) is 14.6 Å². The molecule has 0 aliphatic carbocycles. The summed E-state index contributed by atoms with van der Waals surface area (Å²) >= 11 is 1.47. The van der Waals surface area contributed by atoms with Crippen LogP contribution in [0.15, 0.2) is 41.6 Å². The zero-order chi connectivity index (χ0) is 20.1. The van der Waals surface area contributed by atoms with Gasteiger partial charge in [0.15, 0.2) is 10.9 Å². The highest BCUT2D eigenvalue weighted by Gasteiger charge is 2.22. The van der Waals surface area contributed by atoms with Crippen LogP contribution in [0, 0.1) is 13.8 Å². The summed E-state index contributed by atoms with van der Waals surface area (Å²) in [7, 11) is 0. The number of nitrogens with one attached hydrogen (secondary N) is 1. The Kier molecular flexibility index (Phi) is 6.41. The Morgan fingerprint density at radius 2 is 1.86 bits per heavy atom. The van der Waals surface area contributed by atoms with Crippen LogP contribution in [0.25, 0.3) is 5.69 Å². The predicted octanol–water partition coefficient (Wildman–Crippen LogP) is 3.49. The summed E-state index contributed by atoms with van der Waals surface area (Å²) in [5.41, 5.74) is 3.74. The van der Waals surface area contributed by atoms with Gasteiger partial charge in [0.2, 0.25) is 0 Å². The monoisotopic (exact) mass is 396 g/mol. The second kappa shape index (κ2) is 8.97. The molecule has 1 N–H and O–H groups in total. The minimum Gasteiger partial charge on any atom is -0.348 e. The molecule has 1 aromatic carbocycles. The van der Waals surface area contributed by atoms with Crippen molar-refractivity contribution in [1.82, 2.24) is 30.3 Å². The first-order chi connectivity index (χ1) is 13.5. The highest BCUT2D eigenvalue weighted by atomic mass is 32.2. The lowest BCUT2D eigenvalue weighted by Crippen LogP contribution is -2.32. The van der Waals surface area contributed by atoms with Crippen molar-refractivity contribution in [2.45, 2.75) is 51.1 Å². The zero-order valence-electron chi connectivity index (χ0n) is 16.5. The topological polar surface area (TPSA) is 85.6 Å². The molecule has 0 radical (unpaired) electrons. The Hall–Kier alpha value is -2.74. The molecule has 1 atom stereocenters. The summed E-state index contributed by atoms with van der Waals surface area (Å²) in [5, 5.41) is 12.1. The maximum Gasteiger partial charge on any atom is 0.274 e. The van der Waals surface area contributed by atoms with E-state index in [1.807, 2.05) is 64.1 Å². The van der Waals surface area contributed by atoms with Crippen LogP contribution in [0.5, 0.6) is 0 Å². The van der Waals surface area contributed by atoms with Crippen LogP contribution in [0.2, 0.25) is 0 Å². The van der Waals surface area contributed by atoms with E-state index in [4.69, 9.17) is 0 Å². The number of rotatable bonds is 7. The third-order valence-corrected chi connectivity index (χ3v) is 5.13. The van der Waals surface area contributed by atoms with Gasteiger partial charge in [0.25, 0.3) is 5.91 Å². The molecule has 28 heavy (non-hydrogen) atoms. The SMILES string of the molecule is CCC(C)NC(=O)c1nnn(-c2ccccc2)c1CSc1nc(C)cc(C)n1. The van der Waals surface area contributed by atoms with Crippen LogP contribution < -0.4 is 5.32 Å². The van der Waals surface area contributed by atoms with Gasteiger partial charge in [-0.2, -0.15) is 0 Å². The molecule has 0 aliphatic heterocycles. The van der Waals surface area contributed by atoms with Gasteiger partial charge >= 0.3 is 0 Å². The third-order valence-electron chi connectivity index (χ3n) is 4.27. The number of amides is 1. The second-order valence-corrected chi connectivity index (χ2v) is 7.58. The van der Waals surface area contributed by atoms with Crippen molar-refractivity contribution in [3.8, 4) is 5.69 Å². The minimum atomic E-state index is -0.214. The molecule has 3 aromatic rings. The Morgan fingerprint density at radius 3 is 2.50 bits per heavy atom. The highest BCUT2D eigenvalue weighted by Crippen LogP contribution is 2.23. The van der Waals surface area contributed by atoms with Gasteiger partial charge in [-0.05, 0) is 45.4 Å². The summed E-state index contributed by atoms with van der Waals surface area (Å²) in [5.74, 6) is 0.266. The molecule has 0 saturated carbocycles. The van der Waals surface area contributed by atoms with Crippen molar-refractivity contribution in [3.63, 3.8) is 0 Å². The number of aromatic nitrogens is 5. The molecule has 7 nitrogen and oxygen atoms in total. The summed E-state index contributed by atoms with van der Waals surface area (Å²) in [6.45, 7) is 7.89. The number of para-hydroxylation sites is 1. The molecule has 8 heteroatoms. The molecule has 0 spiro atoms. The maximum absolute atomic E-state index is 12.7. The van der Waals surface area contributed by atoms with E-state index < -0.39 is 0 Å². The van der Waals surface area contributed by atoms with Gasteiger partial charge in [0.1, 0.15) is 0 Å². The lowest BCUT2D eigenvalue weighted by Gasteiger charge is -2.11. The molecule has 1 unspecified atom stereocenters. The molecule has 1 amide bonds. The fourth-order valence-electron chi connectivity index (χ4n) is 2.67. The molecular weight excluding hydrogens is 372 g/mol. The number of aryl methyl sites for hydroxylation is 2. The van der Waals surface area contributed by atoms with Crippen LogP contribution in [0.1, 0.15) is 47.8 Å². The summed E-state index contributed by atoms with van der Waals surface area (Å²) in [4.78, 5) is 21.7. The van der Waals surface area contributed by atoms with Crippen LogP contribution in [-0.4, -0.2) is 36.9 Å². The van der Waals surface area contributed by atoms with Crippen LogP contribution in [-0.2, 0) is 5.75 Å². The standard InChI is InChI=1S/C20H24N6OS/c1-5-13(2)21-19(27)18-17(12-28-20-22-14(3)11-15(4)23-20)26(25-24-18)16-9-7-6-8-10-16/h6-11,13H,5,12H2,1-4H3,(H,21,27). The van der Waals surface area contributed by atoms with Crippen molar-refractivity contribution < 1.29 is 4.79 Å². The fraction of sp³-hybridized carbons (Fsp3) is 0.350. The maximum atomic E-state index is 12.7. The number of nitrogens with zero attached hydrogens (tertiary/aromatic N) is 5. The van der Waals surface area contributed by atoms with Crippen molar-refractivity contribution in [1.29, 1.82) is 0 Å². The van der Waals surface area contributed by atoms with Crippen molar-refractivity contribution in [3.05, 3.63) is 59.2 Å². The lowest BCUT2D eigenvalue weighted by atomic mass is 10.2. The van der Waals surface area contributed by atoms with Gasteiger partial charge in [-0.3, -0.25) is 4.79 Å². The Balaban J connectivity index is 1.93. The molecule has 3 rings (SSSR count). The first-order valence-corrected chi connectivity index (χ1v) is 10.2. The Morgan fingerprint density at radius 1 is 1.18 bits per heavy atom. The quantitative estimate of drug-likeness (QED) is 0.486. The van der Waals surface area contributed by atoms with Crippen molar-refractivity contribution in [2.24, 2.45) is 0 Å². The van der Waals surface area contributed by atoms with Gasteiger partial charge in [0.05, 0.1) is 11.4 Å². The molecule has 0 aliphatic rings. The average Bonchev–Trinajstić information content (AvgIpc) is 3.10. The van der Waals surface area contributed by atoms with E-state index in [-0.39, 0.29) is 11.9 Å². The van der Waals surface area contributed by atoms with E-state index in [1.165, 1.54) is 11.8 Å². The summed E-state index contributed by atoms with van der Waals surface area (Å²) in [6.07, 6.45) is 0.846. The summed E-state index contributed by atoms with van der Waals surface area (Å²) < 4.78 is 1.71. The predicted molar refractivity (Wildman–Crippen MR) is 110 cm³/mol. The van der Waals surface area contributed by atoms with Crippen LogP contribution >= 0.6 is 11.8 Å². The number of thioether (sulfide) groups is 1. The van der Waals surface area contributed by atoms with E-state index in [9.17, 15) is 4.79 Å². The van der Waals surface area contributed by atoms with E-state index >= 15 is 0 Å². The molecule has 0 saturated heterocycles. The Bertz CT molecular complexity index is 936. The van der Waals surface area contributed by atoms with Crippen molar-refractivity contribution >= 4 is 17.7 Å². The van der Waals surface area contributed by atoms with Crippen LogP contribution in [0.3, 0.4) is 0 Å². The number of carbonyl (C=O) groups is 1. The molecule has 2 heterocycles. The molecule has 0 fully saturated rings. The van der Waals surface area contributed by atoms with Gasteiger partial charge in [-0.1, -0.05) is 42.1 Å². The zero-order valence-corrected chi connectivity index (χ0v) is 17.3. The molecule has 2 aromatic heterocycles. The normalized spacial score (nSPS) is 12.0. The van der Waals surface area contributed by atoms with Crippen molar-refractivity contribution in [2.75, 3.05) is 0 Å². The van der Waals surface area contributed by atoms with E-state index in [2.05, 4.69) is 25.6 Å². The lowest BCUT2D eigenvalue weighted by molar-refractivity contribution is 0.0933. The molecule has 0 bridgehead atoms. The number of benzene rings is 1. The van der Waals surface area contributed by atoms with Gasteiger partial charge < -0.3 is 5.32 Å². The molecular formula is C20H24N6OS. The molecule has 146 valence electrons. The Labute approximate surface area is 169 Å². The number of carbonyl (C=O) groups excluding carboxylic acids is 1. The highest BCUT2D eigenvalue weighted by molar-refractivity contribution is 7.98. The summed E-state index contributed by atoms with van der Waals surface area (Å²) in [6, 6.07) is 11.7. The van der Waals surface area contributed by atoms with Crippen LogP contribution in [0.4, 0.5) is 0 Å².